The average Bonchev–Trinajstić information content (AvgIpc) is 2.70. The Morgan fingerprint density at radius 3 is 2.06 bits per heavy atom. The summed E-state index contributed by atoms with van der Waals surface area (Å²) in [5.74, 6) is -0.195. The van der Waals surface area contributed by atoms with Gasteiger partial charge < -0.3 is 9.84 Å². The first-order valence-corrected chi connectivity index (χ1v) is 10.4. The van der Waals surface area contributed by atoms with Crippen molar-refractivity contribution in [3.63, 3.8) is 0 Å². The number of hydrogen-bond acceptors (Lipinski definition) is 4. The van der Waals surface area contributed by atoms with E-state index in [1.165, 1.54) is 11.1 Å². The zero-order valence-corrected chi connectivity index (χ0v) is 21.2. The van der Waals surface area contributed by atoms with Gasteiger partial charge in [-0.25, -0.2) is 0 Å². The Morgan fingerprint density at radius 2 is 1.55 bits per heavy atom. The highest BCUT2D eigenvalue weighted by molar-refractivity contribution is 7.59. The predicted molar refractivity (Wildman–Crippen MR) is 138 cm³/mol. The Morgan fingerprint density at radius 1 is 1.00 bits per heavy atom. The summed E-state index contributed by atoms with van der Waals surface area (Å²) in [5.41, 5.74) is 2.00. The standard InChI is InChI=1S/C25H35NO3.2H2S/c1-20(23-13-9-6-10-14-23)26(17-21-11-7-5-8-12-21)18-22(19-27)15-16-24(28)29-25(2,3)4;;/h5-14,20,22,27H,15-19H2,1-4H3;2*1H2/t20-,22-;;/m0../s1. The largest absolute Gasteiger partial charge is 0.460 e. The highest BCUT2D eigenvalue weighted by Crippen LogP contribution is 2.25. The minimum absolute atomic E-state index is 0. The Kier molecular flexibility index (Phi) is 13.9. The Hall–Kier alpha value is -1.47. The van der Waals surface area contributed by atoms with Crippen molar-refractivity contribution >= 4 is 33.0 Å². The SMILES string of the molecule is C[C@@H](c1ccccc1)N(Cc1ccccc1)C[C@@H](CO)CCC(=O)OC(C)(C)C.S.S. The Labute approximate surface area is 201 Å². The number of benzene rings is 2. The normalized spacial score (nSPS) is 13.0. The molecule has 0 bridgehead atoms. The van der Waals surface area contributed by atoms with E-state index in [0.29, 0.717) is 19.4 Å². The molecule has 0 radical (unpaired) electrons. The van der Waals surface area contributed by atoms with Crippen LogP contribution in [0.25, 0.3) is 0 Å². The average molecular weight is 466 g/mol. The first kappa shape index (κ1) is 29.5. The maximum Gasteiger partial charge on any atom is 0.306 e. The smallest absolute Gasteiger partial charge is 0.306 e. The topological polar surface area (TPSA) is 49.8 Å². The van der Waals surface area contributed by atoms with Crippen LogP contribution in [0.1, 0.15) is 57.7 Å². The lowest BCUT2D eigenvalue weighted by molar-refractivity contribution is -0.155. The van der Waals surface area contributed by atoms with Crippen molar-refractivity contribution < 1.29 is 14.6 Å². The second-order valence-electron chi connectivity index (χ2n) is 8.68. The van der Waals surface area contributed by atoms with E-state index >= 15 is 0 Å². The van der Waals surface area contributed by atoms with E-state index in [0.717, 1.165) is 6.54 Å². The maximum absolute atomic E-state index is 12.1. The molecule has 2 atom stereocenters. The van der Waals surface area contributed by atoms with Gasteiger partial charge >= 0.3 is 5.97 Å². The van der Waals surface area contributed by atoms with Crippen LogP contribution in [0.5, 0.6) is 0 Å². The van der Waals surface area contributed by atoms with Crippen LogP contribution in [-0.2, 0) is 16.1 Å². The van der Waals surface area contributed by atoms with Crippen LogP contribution >= 0.6 is 27.0 Å². The third-order valence-corrected chi connectivity index (χ3v) is 4.99. The number of nitrogens with zero attached hydrogens (tertiary/aromatic N) is 1. The van der Waals surface area contributed by atoms with Crippen molar-refractivity contribution in [2.45, 2.75) is 58.7 Å². The first-order chi connectivity index (χ1) is 13.8. The molecule has 2 aromatic rings. The van der Waals surface area contributed by atoms with Gasteiger partial charge in [-0.2, -0.15) is 27.0 Å². The molecule has 4 nitrogen and oxygen atoms in total. The van der Waals surface area contributed by atoms with Crippen molar-refractivity contribution in [2.24, 2.45) is 5.92 Å². The van der Waals surface area contributed by atoms with Gasteiger partial charge in [0.2, 0.25) is 0 Å². The van der Waals surface area contributed by atoms with Crippen LogP contribution < -0.4 is 0 Å². The number of aliphatic hydroxyl groups excluding tert-OH is 1. The number of esters is 1. The third-order valence-electron chi connectivity index (χ3n) is 4.99. The summed E-state index contributed by atoms with van der Waals surface area (Å²) in [4.78, 5) is 14.5. The molecule has 0 heterocycles. The molecule has 1 N–H and O–H groups in total. The number of carbonyl (C=O) groups is 1. The molecule has 0 aromatic heterocycles. The maximum atomic E-state index is 12.1. The number of aliphatic hydroxyl groups is 1. The molecule has 174 valence electrons. The lowest BCUT2D eigenvalue weighted by Gasteiger charge is -2.32. The number of hydrogen-bond donors (Lipinski definition) is 1. The molecule has 6 heteroatoms. The van der Waals surface area contributed by atoms with Crippen LogP contribution in [0.4, 0.5) is 0 Å². The van der Waals surface area contributed by atoms with Gasteiger partial charge in [0, 0.05) is 32.2 Å². The van der Waals surface area contributed by atoms with E-state index < -0.39 is 5.60 Å². The van der Waals surface area contributed by atoms with E-state index in [4.69, 9.17) is 4.74 Å². The van der Waals surface area contributed by atoms with Crippen LogP contribution in [0.15, 0.2) is 60.7 Å². The van der Waals surface area contributed by atoms with Crippen molar-refractivity contribution in [1.29, 1.82) is 0 Å². The van der Waals surface area contributed by atoms with Crippen molar-refractivity contribution in [1.82, 2.24) is 4.90 Å². The Bertz CT molecular complexity index is 735. The quantitative estimate of drug-likeness (QED) is 0.490. The summed E-state index contributed by atoms with van der Waals surface area (Å²) in [6.07, 6.45) is 0.930. The monoisotopic (exact) mass is 465 g/mol. The zero-order chi connectivity index (χ0) is 21.3. The third kappa shape index (κ3) is 11.1. The molecule has 2 rings (SSSR count). The first-order valence-electron chi connectivity index (χ1n) is 10.4. The Balaban J connectivity index is 0.00000450. The fraction of sp³-hybridized carbons (Fsp3) is 0.480. The molecule has 31 heavy (non-hydrogen) atoms. The van der Waals surface area contributed by atoms with Gasteiger partial charge in [0.25, 0.3) is 0 Å². The second-order valence-corrected chi connectivity index (χ2v) is 8.68. The molecule has 0 amide bonds. The summed E-state index contributed by atoms with van der Waals surface area (Å²) >= 11 is 0. The summed E-state index contributed by atoms with van der Waals surface area (Å²) in [7, 11) is 0. The number of ether oxygens (including phenoxy) is 1. The highest BCUT2D eigenvalue weighted by Gasteiger charge is 2.22. The van der Waals surface area contributed by atoms with Crippen molar-refractivity contribution in [3.05, 3.63) is 71.8 Å². The fourth-order valence-corrected chi connectivity index (χ4v) is 3.41. The van der Waals surface area contributed by atoms with Gasteiger partial charge in [0.05, 0.1) is 0 Å². The van der Waals surface area contributed by atoms with Crippen LogP contribution in [0.2, 0.25) is 0 Å². The molecule has 0 saturated carbocycles. The molecule has 0 aliphatic heterocycles. The van der Waals surface area contributed by atoms with Gasteiger partial charge in [0.15, 0.2) is 0 Å². The van der Waals surface area contributed by atoms with Crippen molar-refractivity contribution in [3.8, 4) is 0 Å². The molecule has 2 aromatic carbocycles. The van der Waals surface area contributed by atoms with Gasteiger partial charge in [0.1, 0.15) is 5.60 Å². The minimum Gasteiger partial charge on any atom is -0.460 e. The van der Waals surface area contributed by atoms with E-state index in [9.17, 15) is 9.90 Å². The molecule has 0 aliphatic carbocycles. The molecular weight excluding hydrogens is 426 g/mol. The molecular formula is C25H39NO3S2. The van der Waals surface area contributed by atoms with Crippen LogP contribution in [0, 0.1) is 5.92 Å². The zero-order valence-electron chi connectivity index (χ0n) is 19.2. The van der Waals surface area contributed by atoms with E-state index in [1.54, 1.807) is 0 Å². The minimum atomic E-state index is -0.479. The molecule has 0 aliphatic rings. The molecule has 0 fully saturated rings. The predicted octanol–water partition coefficient (Wildman–Crippen LogP) is 5.21. The number of rotatable bonds is 10. The van der Waals surface area contributed by atoms with Gasteiger partial charge in [-0.15, -0.1) is 0 Å². The van der Waals surface area contributed by atoms with Gasteiger partial charge in [-0.1, -0.05) is 60.7 Å². The highest BCUT2D eigenvalue weighted by atomic mass is 32.1. The van der Waals surface area contributed by atoms with Crippen molar-refractivity contribution in [2.75, 3.05) is 13.2 Å². The van der Waals surface area contributed by atoms with E-state index in [-0.39, 0.29) is 51.5 Å². The summed E-state index contributed by atoms with van der Waals surface area (Å²) in [6, 6.07) is 21.0. The van der Waals surface area contributed by atoms with Gasteiger partial charge in [-0.05, 0) is 51.2 Å². The molecule has 0 unspecified atom stereocenters. The lowest BCUT2D eigenvalue weighted by Crippen LogP contribution is -2.33. The van der Waals surface area contributed by atoms with Crippen LogP contribution in [-0.4, -0.2) is 34.7 Å². The van der Waals surface area contributed by atoms with E-state index in [2.05, 4.69) is 48.2 Å². The fourth-order valence-electron chi connectivity index (χ4n) is 3.41. The van der Waals surface area contributed by atoms with E-state index in [1.807, 2.05) is 45.0 Å². The van der Waals surface area contributed by atoms with Gasteiger partial charge in [-0.3, -0.25) is 9.69 Å². The van der Waals surface area contributed by atoms with Crippen LogP contribution in [0.3, 0.4) is 0 Å². The number of carbonyl (C=O) groups excluding carboxylic acids is 1. The summed E-state index contributed by atoms with van der Waals surface area (Å²) in [6.45, 7) is 9.37. The second kappa shape index (κ2) is 14.6. The summed E-state index contributed by atoms with van der Waals surface area (Å²) in [5, 5.41) is 9.96. The lowest BCUT2D eigenvalue weighted by atomic mass is 9.99. The molecule has 0 saturated heterocycles. The molecule has 0 spiro atoms. The summed E-state index contributed by atoms with van der Waals surface area (Å²) < 4.78 is 5.42.